The van der Waals surface area contributed by atoms with Crippen molar-refractivity contribution in [2.24, 2.45) is 5.73 Å². The summed E-state index contributed by atoms with van der Waals surface area (Å²) in [6, 6.07) is 6.52. The molecule has 0 aromatic carbocycles. The van der Waals surface area contributed by atoms with Crippen LogP contribution in [0.25, 0.3) is 11.4 Å². The lowest BCUT2D eigenvalue weighted by atomic mass is 10.1. The first-order chi connectivity index (χ1) is 15.7. The third-order valence-electron chi connectivity index (χ3n) is 5.34. The molecule has 0 bridgehead atoms. The van der Waals surface area contributed by atoms with Crippen LogP contribution >= 0.6 is 0 Å². The quantitative estimate of drug-likeness (QED) is 0.549. The molecule has 1 saturated heterocycles. The molecule has 172 valence electrons. The maximum absolute atomic E-state index is 13.4. The highest BCUT2D eigenvalue weighted by molar-refractivity contribution is 6.07. The van der Waals surface area contributed by atoms with Crippen LogP contribution in [-0.2, 0) is 6.18 Å². The van der Waals surface area contributed by atoms with Gasteiger partial charge in [-0.05, 0) is 43.2 Å². The van der Waals surface area contributed by atoms with E-state index in [-0.39, 0.29) is 28.8 Å². The number of nitrogens with two attached hydrogens (primary N) is 2. The molecule has 4 rings (SSSR count). The standard InChI is InChI=1S/C22H22F3N7O/c23-22(24,25)14-4-1-8-29-19(14)16-6-5-15(27)20(30-16)21(33)31-17-11-28-9-7-18(17)32-10-2-3-13(26)12-32/h1,4-9,11,13H,2-3,10,12,26-27H2,(H,31,33)/t13-/m0/s1. The normalized spacial score (nSPS) is 16.5. The largest absolute Gasteiger partial charge is 0.418 e. The van der Waals surface area contributed by atoms with Crippen LogP contribution < -0.4 is 21.7 Å². The van der Waals surface area contributed by atoms with Gasteiger partial charge in [0.05, 0.1) is 34.5 Å². The highest BCUT2D eigenvalue weighted by Gasteiger charge is 2.35. The number of nitrogens with zero attached hydrogens (tertiary/aromatic N) is 4. The highest BCUT2D eigenvalue weighted by atomic mass is 19.4. The molecular weight excluding hydrogens is 435 g/mol. The fraction of sp³-hybridized carbons (Fsp3) is 0.273. The molecule has 0 unspecified atom stereocenters. The second kappa shape index (κ2) is 9.02. The minimum Gasteiger partial charge on any atom is -0.397 e. The molecule has 0 saturated carbocycles. The average molecular weight is 457 g/mol. The zero-order chi connectivity index (χ0) is 23.6. The van der Waals surface area contributed by atoms with Crippen molar-refractivity contribution in [1.29, 1.82) is 0 Å². The van der Waals surface area contributed by atoms with Crippen molar-refractivity contribution in [3.63, 3.8) is 0 Å². The number of rotatable bonds is 4. The van der Waals surface area contributed by atoms with Crippen LogP contribution in [-0.4, -0.2) is 40.0 Å². The number of alkyl halides is 3. The van der Waals surface area contributed by atoms with Gasteiger partial charge in [0.15, 0.2) is 5.69 Å². The molecule has 0 aliphatic carbocycles. The maximum atomic E-state index is 13.4. The zero-order valence-corrected chi connectivity index (χ0v) is 17.5. The summed E-state index contributed by atoms with van der Waals surface area (Å²) in [4.78, 5) is 27.1. The number of nitrogen functional groups attached to an aromatic ring is 1. The molecule has 1 atom stereocenters. The maximum Gasteiger partial charge on any atom is 0.418 e. The minimum atomic E-state index is -4.63. The van der Waals surface area contributed by atoms with Crippen molar-refractivity contribution < 1.29 is 18.0 Å². The number of piperidine rings is 1. The molecule has 33 heavy (non-hydrogen) atoms. The molecule has 1 aliphatic heterocycles. The number of carbonyl (C=O) groups is 1. The van der Waals surface area contributed by atoms with E-state index in [1.54, 1.807) is 12.3 Å². The smallest absolute Gasteiger partial charge is 0.397 e. The van der Waals surface area contributed by atoms with Gasteiger partial charge in [0.1, 0.15) is 5.69 Å². The lowest BCUT2D eigenvalue weighted by Crippen LogP contribution is -2.43. The van der Waals surface area contributed by atoms with Crippen molar-refractivity contribution in [3.8, 4) is 11.4 Å². The van der Waals surface area contributed by atoms with Crippen molar-refractivity contribution in [2.75, 3.05) is 29.0 Å². The SMILES string of the molecule is Nc1ccc(-c2ncccc2C(F)(F)F)nc1C(=O)Nc1cnccc1N1CCC[C@H](N)C1. The fourth-order valence-electron chi connectivity index (χ4n) is 3.79. The second-order valence-electron chi connectivity index (χ2n) is 7.73. The Morgan fingerprint density at radius 3 is 2.76 bits per heavy atom. The van der Waals surface area contributed by atoms with Crippen molar-refractivity contribution in [3.05, 3.63) is 60.2 Å². The molecule has 4 heterocycles. The van der Waals surface area contributed by atoms with Gasteiger partial charge in [-0.15, -0.1) is 0 Å². The van der Waals surface area contributed by atoms with E-state index >= 15 is 0 Å². The summed E-state index contributed by atoms with van der Waals surface area (Å²) in [5.41, 5.74) is 11.5. The molecule has 11 heteroatoms. The molecule has 1 aliphatic rings. The van der Waals surface area contributed by atoms with E-state index < -0.39 is 17.6 Å². The van der Waals surface area contributed by atoms with Crippen molar-refractivity contribution >= 4 is 23.0 Å². The van der Waals surface area contributed by atoms with Crippen LogP contribution in [0.2, 0.25) is 0 Å². The third-order valence-corrected chi connectivity index (χ3v) is 5.34. The van der Waals surface area contributed by atoms with E-state index in [0.29, 0.717) is 12.2 Å². The number of nitrogens with one attached hydrogen (secondary N) is 1. The van der Waals surface area contributed by atoms with Gasteiger partial charge in [0.25, 0.3) is 5.91 Å². The van der Waals surface area contributed by atoms with Crippen LogP contribution in [0, 0.1) is 0 Å². The number of anilines is 3. The Kier molecular flexibility index (Phi) is 6.14. The van der Waals surface area contributed by atoms with Gasteiger partial charge in [-0.25, -0.2) is 4.98 Å². The van der Waals surface area contributed by atoms with Crippen molar-refractivity contribution in [2.45, 2.75) is 25.1 Å². The lowest BCUT2D eigenvalue weighted by Gasteiger charge is -2.33. The van der Waals surface area contributed by atoms with Gasteiger partial charge in [-0.3, -0.25) is 14.8 Å². The van der Waals surface area contributed by atoms with Crippen molar-refractivity contribution in [1.82, 2.24) is 15.0 Å². The van der Waals surface area contributed by atoms with Crippen LogP contribution in [0.15, 0.2) is 48.9 Å². The van der Waals surface area contributed by atoms with Gasteiger partial charge >= 0.3 is 6.18 Å². The fourth-order valence-corrected chi connectivity index (χ4v) is 3.79. The molecule has 0 spiro atoms. The molecule has 1 amide bonds. The van der Waals surface area contributed by atoms with Crippen LogP contribution in [0.4, 0.5) is 30.2 Å². The summed E-state index contributed by atoms with van der Waals surface area (Å²) in [6.45, 7) is 1.40. The van der Waals surface area contributed by atoms with E-state index in [4.69, 9.17) is 11.5 Å². The molecular formula is C22H22F3N7O. The monoisotopic (exact) mass is 457 g/mol. The number of aromatic nitrogens is 3. The van der Waals surface area contributed by atoms with Gasteiger partial charge in [-0.2, -0.15) is 13.2 Å². The Labute approximate surface area is 187 Å². The van der Waals surface area contributed by atoms with Gasteiger partial charge < -0.3 is 21.7 Å². The molecule has 5 N–H and O–H groups in total. The summed E-state index contributed by atoms with van der Waals surface area (Å²) in [5, 5.41) is 2.73. The molecule has 3 aromatic rings. The molecule has 3 aromatic heterocycles. The number of amides is 1. The van der Waals surface area contributed by atoms with Crippen LogP contribution in [0.3, 0.4) is 0 Å². The van der Waals surface area contributed by atoms with E-state index in [1.165, 1.54) is 30.6 Å². The average Bonchev–Trinajstić information content (AvgIpc) is 2.79. The summed E-state index contributed by atoms with van der Waals surface area (Å²) in [7, 11) is 0. The van der Waals surface area contributed by atoms with Gasteiger partial charge in [0.2, 0.25) is 0 Å². The van der Waals surface area contributed by atoms with Gasteiger partial charge in [-0.1, -0.05) is 0 Å². The topological polar surface area (TPSA) is 123 Å². The summed E-state index contributed by atoms with van der Waals surface area (Å²) in [6.07, 6.45) is 1.54. The molecule has 1 fully saturated rings. The second-order valence-corrected chi connectivity index (χ2v) is 7.73. The number of pyridine rings is 3. The number of halogens is 3. The zero-order valence-electron chi connectivity index (χ0n) is 17.5. The highest BCUT2D eigenvalue weighted by Crippen LogP contribution is 2.35. The minimum absolute atomic E-state index is 0.0191. The van der Waals surface area contributed by atoms with Crippen LogP contribution in [0.5, 0.6) is 0 Å². The molecule has 0 radical (unpaired) electrons. The lowest BCUT2D eigenvalue weighted by molar-refractivity contribution is -0.137. The number of hydrogen-bond donors (Lipinski definition) is 3. The third kappa shape index (κ3) is 4.87. The predicted molar refractivity (Wildman–Crippen MR) is 118 cm³/mol. The predicted octanol–water partition coefficient (Wildman–Crippen LogP) is 3.32. The Hall–Kier alpha value is -3.73. The summed E-state index contributed by atoms with van der Waals surface area (Å²) in [5.74, 6) is -0.672. The Morgan fingerprint density at radius 2 is 2.00 bits per heavy atom. The Bertz CT molecular complexity index is 1170. The van der Waals surface area contributed by atoms with E-state index in [9.17, 15) is 18.0 Å². The van der Waals surface area contributed by atoms with E-state index in [1.807, 2.05) is 0 Å². The summed E-state index contributed by atoms with van der Waals surface area (Å²) >= 11 is 0. The summed E-state index contributed by atoms with van der Waals surface area (Å²) < 4.78 is 40.2. The Balaban J connectivity index is 1.65. The number of carbonyl (C=O) groups excluding carboxylic acids is 1. The van der Waals surface area contributed by atoms with E-state index in [0.717, 1.165) is 31.1 Å². The Morgan fingerprint density at radius 1 is 1.18 bits per heavy atom. The molecule has 8 nitrogen and oxygen atoms in total. The van der Waals surface area contributed by atoms with E-state index in [2.05, 4.69) is 25.2 Å². The number of hydrogen-bond acceptors (Lipinski definition) is 7. The first-order valence-electron chi connectivity index (χ1n) is 10.3. The first kappa shape index (κ1) is 22.5. The van der Waals surface area contributed by atoms with Gasteiger partial charge in [0, 0.05) is 31.5 Å². The first-order valence-corrected chi connectivity index (χ1v) is 10.3. The van der Waals surface area contributed by atoms with Crippen LogP contribution in [0.1, 0.15) is 28.9 Å².